The van der Waals surface area contributed by atoms with Gasteiger partial charge < -0.3 is 9.88 Å². The van der Waals surface area contributed by atoms with E-state index in [4.69, 9.17) is 0 Å². The second-order valence-corrected chi connectivity index (χ2v) is 26.0. The zero-order chi connectivity index (χ0) is 48.2. The molecule has 8 aromatic carbocycles. The zero-order valence-electron chi connectivity index (χ0n) is 42.7. The number of anilines is 2. The Balaban J connectivity index is 1.06. The summed E-state index contributed by atoms with van der Waals surface area (Å²) in [5.74, 6) is 0. The second kappa shape index (κ2) is 13.7. The SMILES string of the molecule is CC(C)(C)c1ccc(Nc2cc3sc4cc5c(cc4c3cc2-c2ccc3c4cc6c(cc4n4c3c2Bc2cc3c(cc2-4)-c2ccccc2C3(C)C)-c2ccccc2C6(C)C)C(C)(C)CCC5(C)C)cc1. The highest BCUT2D eigenvalue weighted by atomic mass is 32.1. The second-order valence-electron chi connectivity index (χ2n) is 24.9. The Hall–Kier alpha value is -6.36. The molecule has 0 fully saturated rings. The van der Waals surface area contributed by atoms with Crippen molar-refractivity contribution in [1.82, 2.24) is 4.57 Å². The first kappa shape index (κ1) is 42.5. The van der Waals surface area contributed by atoms with Gasteiger partial charge in [0.25, 0.3) is 0 Å². The molecule has 14 rings (SSSR count). The molecule has 3 heterocycles. The van der Waals surface area contributed by atoms with Crippen LogP contribution in [0.5, 0.6) is 0 Å². The molecule has 10 aromatic rings. The Bertz CT molecular complexity index is 3970. The minimum atomic E-state index is -0.0986. The molecule has 0 spiro atoms. The normalized spacial score (nSPS) is 17.2. The molecule has 0 amide bonds. The largest absolute Gasteiger partial charge is 0.355 e. The molecule has 344 valence electrons. The van der Waals surface area contributed by atoms with Crippen LogP contribution in [0.15, 0.2) is 133 Å². The monoisotopic (exact) mass is 924 g/mol. The van der Waals surface area contributed by atoms with Gasteiger partial charge in [-0.2, -0.15) is 0 Å². The number of benzene rings is 8. The maximum Gasteiger partial charge on any atom is 0.198 e. The summed E-state index contributed by atoms with van der Waals surface area (Å²) >= 11 is 1.96. The van der Waals surface area contributed by atoms with Crippen LogP contribution in [-0.2, 0) is 27.1 Å². The van der Waals surface area contributed by atoms with Crippen molar-refractivity contribution in [2.24, 2.45) is 0 Å². The zero-order valence-corrected chi connectivity index (χ0v) is 43.5. The standard InChI is InChI=1S/C66H61BN2S/c1-62(2,3)36-20-22-37(23-21-36)68-55-35-59-46(47-30-52-53(34-58(47)70-59)64(6,7)27-26-63(52,4)5)28-44(55)40-24-25-41-45-29-50-42(38-16-12-14-18-48(38)65(50,8)9)31-56(45)69-57-32-43-39-17-13-15-19-49(39)66(10,11)51(43)33-54(57)67-60(40)61(41)69/h12-25,28-35,67-68H,26-27H2,1-11H3. The number of fused-ring (bicyclic) bond motifs is 15. The van der Waals surface area contributed by atoms with Crippen molar-refractivity contribution >= 4 is 82.9 Å². The van der Waals surface area contributed by atoms with E-state index in [9.17, 15) is 0 Å². The van der Waals surface area contributed by atoms with Crippen molar-refractivity contribution in [3.05, 3.63) is 172 Å². The summed E-state index contributed by atoms with van der Waals surface area (Å²) in [7, 11) is 0.852. The fourth-order valence-electron chi connectivity index (χ4n) is 13.8. The summed E-state index contributed by atoms with van der Waals surface area (Å²) in [6.45, 7) is 26.4. The van der Waals surface area contributed by atoms with Gasteiger partial charge in [0.2, 0.25) is 0 Å². The predicted molar refractivity (Wildman–Crippen MR) is 304 cm³/mol. The lowest BCUT2D eigenvalue weighted by molar-refractivity contribution is 0.332. The lowest BCUT2D eigenvalue weighted by Crippen LogP contribution is -2.38. The number of hydrogen-bond donors (Lipinski definition) is 1. The maximum atomic E-state index is 4.05. The van der Waals surface area contributed by atoms with Gasteiger partial charge in [-0.25, -0.2) is 0 Å². The molecule has 4 heteroatoms. The molecule has 0 saturated heterocycles. The Morgan fingerprint density at radius 2 is 1.09 bits per heavy atom. The van der Waals surface area contributed by atoms with Crippen LogP contribution in [0.1, 0.15) is 128 Å². The van der Waals surface area contributed by atoms with Crippen LogP contribution in [0.2, 0.25) is 0 Å². The van der Waals surface area contributed by atoms with E-state index in [-0.39, 0.29) is 27.1 Å². The van der Waals surface area contributed by atoms with Crippen molar-refractivity contribution in [3.8, 4) is 39.1 Å². The third kappa shape index (κ3) is 5.69. The topological polar surface area (TPSA) is 17.0 Å². The first-order valence-electron chi connectivity index (χ1n) is 25.7. The minimum Gasteiger partial charge on any atom is -0.355 e. The Labute approximate surface area is 418 Å². The molecule has 2 aromatic heterocycles. The first-order valence-corrected chi connectivity index (χ1v) is 26.6. The highest BCUT2D eigenvalue weighted by Gasteiger charge is 2.41. The van der Waals surface area contributed by atoms with Crippen LogP contribution in [0.3, 0.4) is 0 Å². The Morgan fingerprint density at radius 3 is 1.76 bits per heavy atom. The Morgan fingerprint density at radius 1 is 0.500 bits per heavy atom. The number of rotatable bonds is 3. The fraction of sp³-hybridized carbons (Fsp3) is 0.273. The van der Waals surface area contributed by atoms with Crippen LogP contribution in [0.4, 0.5) is 11.4 Å². The molecule has 0 unspecified atom stereocenters. The van der Waals surface area contributed by atoms with E-state index in [1.54, 1.807) is 0 Å². The molecule has 1 N–H and O–H groups in total. The van der Waals surface area contributed by atoms with E-state index in [1.165, 1.54) is 144 Å². The third-order valence-corrected chi connectivity index (χ3v) is 19.1. The molecule has 4 aliphatic rings. The van der Waals surface area contributed by atoms with E-state index < -0.39 is 0 Å². The quantitative estimate of drug-likeness (QED) is 0.175. The summed E-state index contributed by atoms with van der Waals surface area (Å²) in [5.41, 5.74) is 27.2. The summed E-state index contributed by atoms with van der Waals surface area (Å²) < 4.78 is 5.39. The van der Waals surface area contributed by atoms with Gasteiger partial charge in [0.1, 0.15) is 0 Å². The van der Waals surface area contributed by atoms with Crippen molar-refractivity contribution in [3.63, 3.8) is 0 Å². The highest BCUT2D eigenvalue weighted by Crippen LogP contribution is 2.54. The summed E-state index contributed by atoms with van der Waals surface area (Å²) in [6, 6.07) is 52.7. The predicted octanol–water partition coefficient (Wildman–Crippen LogP) is 16.5. The van der Waals surface area contributed by atoms with Gasteiger partial charge in [-0.3, -0.25) is 0 Å². The molecule has 0 radical (unpaired) electrons. The number of thiophene rings is 1. The molecule has 2 nitrogen and oxygen atoms in total. The summed E-state index contributed by atoms with van der Waals surface area (Å²) in [4.78, 5) is 0. The van der Waals surface area contributed by atoms with Gasteiger partial charge in [0.15, 0.2) is 7.28 Å². The number of nitrogens with one attached hydrogen (secondary N) is 1. The van der Waals surface area contributed by atoms with Crippen LogP contribution >= 0.6 is 11.3 Å². The molecule has 0 atom stereocenters. The molecule has 3 aliphatic carbocycles. The van der Waals surface area contributed by atoms with Crippen molar-refractivity contribution in [2.75, 3.05) is 5.32 Å². The molecule has 0 saturated carbocycles. The van der Waals surface area contributed by atoms with Gasteiger partial charge in [-0.1, -0.05) is 160 Å². The van der Waals surface area contributed by atoms with E-state index in [0.29, 0.717) is 0 Å². The van der Waals surface area contributed by atoms with E-state index in [1.807, 2.05) is 11.3 Å². The lowest BCUT2D eigenvalue weighted by Gasteiger charge is -2.41. The fourth-order valence-corrected chi connectivity index (χ4v) is 14.9. The highest BCUT2D eigenvalue weighted by molar-refractivity contribution is 7.25. The van der Waals surface area contributed by atoms with Gasteiger partial charge in [-0.15, -0.1) is 11.3 Å². The smallest absolute Gasteiger partial charge is 0.198 e. The molecular weight excluding hydrogens is 864 g/mol. The van der Waals surface area contributed by atoms with Crippen LogP contribution in [0, 0.1) is 0 Å². The third-order valence-electron chi connectivity index (χ3n) is 18.0. The first-order chi connectivity index (χ1) is 33.3. The van der Waals surface area contributed by atoms with Crippen LogP contribution in [0.25, 0.3) is 81.0 Å². The van der Waals surface area contributed by atoms with Crippen molar-refractivity contribution < 1.29 is 0 Å². The molecule has 0 bridgehead atoms. The number of hydrogen-bond acceptors (Lipinski definition) is 2. The summed E-state index contributed by atoms with van der Waals surface area (Å²) in [6.07, 6.45) is 2.41. The number of nitrogens with zero attached hydrogens (tertiary/aromatic N) is 1. The van der Waals surface area contributed by atoms with Crippen LogP contribution in [-0.4, -0.2) is 11.8 Å². The molecule has 1 aliphatic heterocycles. The van der Waals surface area contributed by atoms with Gasteiger partial charge >= 0.3 is 0 Å². The lowest BCUT2D eigenvalue weighted by atomic mass is 9.58. The average molecular weight is 925 g/mol. The number of aromatic nitrogens is 1. The maximum absolute atomic E-state index is 4.05. The van der Waals surface area contributed by atoms with Crippen molar-refractivity contribution in [1.29, 1.82) is 0 Å². The van der Waals surface area contributed by atoms with Crippen molar-refractivity contribution in [2.45, 2.75) is 116 Å². The minimum absolute atomic E-state index is 0.0756. The summed E-state index contributed by atoms with van der Waals surface area (Å²) in [5, 5.41) is 9.46. The van der Waals surface area contributed by atoms with E-state index >= 15 is 0 Å². The van der Waals surface area contributed by atoms with Gasteiger partial charge in [0.05, 0.1) is 5.52 Å². The van der Waals surface area contributed by atoms with Crippen LogP contribution < -0.4 is 16.2 Å². The molecular formula is C66H61BN2S. The van der Waals surface area contributed by atoms with E-state index in [2.05, 4.69) is 220 Å². The average Bonchev–Trinajstić information content (AvgIpc) is 3.99. The van der Waals surface area contributed by atoms with Gasteiger partial charge in [-0.05, 0) is 156 Å². The van der Waals surface area contributed by atoms with E-state index in [0.717, 1.165) is 18.7 Å². The molecule has 70 heavy (non-hydrogen) atoms. The van der Waals surface area contributed by atoms with Gasteiger partial charge in [0, 0.05) is 69.9 Å². The Kier molecular flexibility index (Phi) is 8.34.